The summed E-state index contributed by atoms with van der Waals surface area (Å²) in [6.07, 6.45) is 0.749. The van der Waals surface area contributed by atoms with Crippen molar-refractivity contribution in [1.82, 2.24) is 0 Å². The van der Waals surface area contributed by atoms with Gasteiger partial charge in [-0.2, -0.15) is 0 Å². The van der Waals surface area contributed by atoms with Crippen LogP contribution in [0.5, 0.6) is 0 Å². The van der Waals surface area contributed by atoms with Crippen LogP contribution in [0.3, 0.4) is 0 Å². The quantitative estimate of drug-likeness (QED) is 0.617. The first-order valence-corrected chi connectivity index (χ1v) is 8.92. The van der Waals surface area contributed by atoms with Gasteiger partial charge < -0.3 is 9.47 Å². The van der Waals surface area contributed by atoms with Crippen LogP contribution in [-0.4, -0.2) is 24.1 Å². The number of carbonyl (C=O) groups excluding carboxylic acids is 2. The topological polar surface area (TPSA) is 52.6 Å². The van der Waals surface area contributed by atoms with E-state index < -0.39 is 17.8 Å². The van der Waals surface area contributed by atoms with E-state index in [1.165, 1.54) is 6.07 Å². The van der Waals surface area contributed by atoms with Gasteiger partial charge in [0.1, 0.15) is 18.0 Å². The lowest BCUT2D eigenvalue weighted by Crippen LogP contribution is -2.26. The Labute approximate surface area is 149 Å². The minimum atomic E-state index is -0.704. The fourth-order valence-corrected chi connectivity index (χ4v) is 2.65. The molecule has 2 atom stereocenters. The lowest BCUT2D eigenvalue weighted by atomic mass is 10.0. The molecule has 0 saturated carbocycles. The van der Waals surface area contributed by atoms with E-state index in [-0.39, 0.29) is 35.2 Å². The molecule has 0 radical (unpaired) electrons. The maximum Gasteiger partial charge on any atom is 0.339 e. The second-order valence-electron chi connectivity index (χ2n) is 6.88. The smallest absolute Gasteiger partial charge is 0.339 e. The van der Waals surface area contributed by atoms with Gasteiger partial charge in [-0.25, -0.2) is 14.0 Å². The highest BCUT2D eigenvalue weighted by Crippen LogP contribution is 2.20. The molecule has 0 aliphatic carbocycles. The summed E-state index contributed by atoms with van der Waals surface area (Å²) in [7, 11) is 0. The maximum atomic E-state index is 13.6. The fraction of sp³-hybridized carbons (Fsp3) is 0.600. The van der Waals surface area contributed by atoms with Crippen LogP contribution >= 0.6 is 0 Å². The van der Waals surface area contributed by atoms with Crippen molar-refractivity contribution in [3.05, 3.63) is 35.1 Å². The highest BCUT2D eigenvalue weighted by Gasteiger charge is 2.26. The van der Waals surface area contributed by atoms with Crippen molar-refractivity contribution in [3.8, 4) is 0 Å². The number of hydrogen-bond acceptors (Lipinski definition) is 4. The molecule has 0 aliphatic rings. The number of rotatable bonds is 8. The van der Waals surface area contributed by atoms with Gasteiger partial charge in [0, 0.05) is 0 Å². The molecule has 0 fully saturated rings. The van der Waals surface area contributed by atoms with E-state index in [2.05, 4.69) is 0 Å². The molecule has 1 aromatic carbocycles. The molecule has 0 N–H and O–H groups in total. The average Bonchev–Trinajstić information content (AvgIpc) is 2.56. The molecule has 25 heavy (non-hydrogen) atoms. The molecule has 4 nitrogen and oxygen atoms in total. The molecule has 5 heteroatoms. The molecule has 1 aromatic rings. The van der Waals surface area contributed by atoms with Gasteiger partial charge in [0.2, 0.25) is 0 Å². The Morgan fingerprint density at radius 2 is 1.32 bits per heavy atom. The van der Waals surface area contributed by atoms with Crippen molar-refractivity contribution in [1.29, 1.82) is 0 Å². The number of esters is 2. The van der Waals surface area contributed by atoms with Crippen molar-refractivity contribution < 1.29 is 23.5 Å². The van der Waals surface area contributed by atoms with Crippen molar-refractivity contribution in [2.24, 2.45) is 11.8 Å². The van der Waals surface area contributed by atoms with Gasteiger partial charge in [0.05, 0.1) is 11.1 Å². The Balaban J connectivity index is 3.10. The van der Waals surface area contributed by atoms with Crippen LogP contribution < -0.4 is 0 Å². The van der Waals surface area contributed by atoms with Crippen LogP contribution in [-0.2, 0) is 9.47 Å². The SMILES string of the molecule is CCC(OC(=O)c1ccc(F)cc1C(=O)OC(CC)C(C)C)C(C)C. The van der Waals surface area contributed by atoms with Crippen LogP contribution in [0.4, 0.5) is 4.39 Å². The second-order valence-corrected chi connectivity index (χ2v) is 6.88. The molecule has 0 saturated heterocycles. The molecule has 0 spiro atoms. The zero-order chi connectivity index (χ0) is 19.1. The molecular formula is C20H29FO4. The van der Waals surface area contributed by atoms with Gasteiger partial charge in [-0.3, -0.25) is 0 Å². The standard InChI is InChI=1S/C20H29FO4/c1-7-17(12(3)4)24-19(22)15-10-9-14(21)11-16(15)20(23)25-18(8-2)13(5)6/h9-13,17-18H,7-8H2,1-6H3. The Hall–Kier alpha value is -1.91. The number of ether oxygens (including phenoxy) is 2. The number of carbonyl (C=O) groups is 2. The minimum Gasteiger partial charge on any atom is -0.459 e. The zero-order valence-corrected chi connectivity index (χ0v) is 16.0. The van der Waals surface area contributed by atoms with Gasteiger partial charge in [-0.1, -0.05) is 41.5 Å². The summed E-state index contributed by atoms with van der Waals surface area (Å²) >= 11 is 0. The highest BCUT2D eigenvalue weighted by atomic mass is 19.1. The van der Waals surface area contributed by atoms with E-state index in [4.69, 9.17) is 9.47 Å². The highest BCUT2D eigenvalue weighted by molar-refractivity contribution is 6.03. The first-order chi connectivity index (χ1) is 11.7. The third-order valence-electron chi connectivity index (χ3n) is 4.23. The van der Waals surface area contributed by atoms with E-state index in [9.17, 15) is 14.0 Å². The van der Waals surface area contributed by atoms with Crippen LogP contribution in [0.25, 0.3) is 0 Å². The number of benzene rings is 1. The van der Waals surface area contributed by atoms with Crippen molar-refractivity contribution in [3.63, 3.8) is 0 Å². The van der Waals surface area contributed by atoms with Gasteiger partial charge >= 0.3 is 11.9 Å². The van der Waals surface area contributed by atoms with Crippen molar-refractivity contribution in [2.75, 3.05) is 0 Å². The summed E-state index contributed by atoms with van der Waals surface area (Å²) in [5, 5.41) is 0. The van der Waals surface area contributed by atoms with Gasteiger partial charge in [0.25, 0.3) is 0 Å². The normalized spacial score (nSPS) is 13.6. The van der Waals surface area contributed by atoms with E-state index in [1.54, 1.807) is 0 Å². The minimum absolute atomic E-state index is 0.0316. The van der Waals surface area contributed by atoms with Crippen LogP contribution in [0.2, 0.25) is 0 Å². The van der Waals surface area contributed by atoms with E-state index in [0.29, 0.717) is 12.8 Å². The molecule has 2 unspecified atom stereocenters. The maximum absolute atomic E-state index is 13.6. The first-order valence-electron chi connectivity index (χ1n) is 8.92. The average molecular weight is 352 g/mol. The largest absolute Gasteiger partial charge is 0.459 e. The van der Waals surface area contributed by atoms with Crippen molar-refractivity contribution >= 4 is 11.9 Å². The zero-order valence-electron chi connectivity index (χ0n) is 16.0. The molecule has 0 bridgehead atoms. The van der Waals surface area contributed by atoms with Crippen molar-refractivity contribution in [2.45, 2.75) is 66.6 Å². The molecule has 1 rings (SSSR count). The summed E-state index contributed by atoms with van der Waals surface area (Å²) in [6.45, 7) is 11.6. The summed E-state index contributed by atoms with van der Waals surface area (Å²) in [5.74, 6) is -1.66. The first kappa shape index (κ1) is 21.1. The molecule has 0 amide bonds. The lowest BCUT2D eigenvalue weighted by Gasteiger charge is -2.22. The van der Waals surface area contributed by atoms with E-state index in [1.807, 2.05) is 41.5 Å². The summed E-state index contributed by atoms with van der Waals surface area (Å²) in [6, 6.07) is 3.45. The third kappa shape index (κ3) is 5.83. The third-order valence-corrected chi connectivity index (χ3v) is 4.23. The van der Waals surface area contributed by atoms with E-state index in [0.717, 1.165) is 12.1 Å². The van der Waals surface area contributed by atoms with Crippen LogP contribution in [0.1, 0.15) is 75.1 Å². The Kier molecular flexibility index (Phi) is 8.07. The number of hydrogen-bond donors (Lipinski definition) is 0. The Morgan fingerprint density at radius 1 is 0.880 bits per heavy atom. The summed E-state index contributed by atoms with van der Waals surface area (Å²) in [5.41, 5.74) is -0.0631. The van der Waals surface area contributed by atoms with Crippen LogP contribution in [0.15, 0.2) is 18.2 Å². The predicted octanol–water partition coefficient (Wildman–Crippen LogP) is 5.01. The molecule has 0 heterocycles. The fourth-order valence-electron chi connectivity index (χ4n) is 2.65. The monoisotopic (exact) mass is 352 g/mol. The summed E-state index contributed by atoms with van der Waals surface area (Å²) < 4.78 is 24.6. The molecule has 0 aromatic heterocycles. The predicted molar refractivity (Wildman–Crippen MR) is 95.1 cm³/mol. The van der Waals surface area contributed by atoms with Gasteiger partial charge in [0.15, 0.2) is 0 Å². The molecule has 0 aliphatic heterocycles. The number of halogens is 1. The Bertz CT molecular complexity index is 595. The summed E-state index contributed by atoms with van der Waals surface area (Å²) in [4.78, 5) is 25.0. The van der Waals surface area contributed by atoms with Gasteiger partial charge in [-0.15, -0.1) is 0 Å². The molecular weight excluding hydrogens is 323 g/mol. The Morgan fingerprint density at radius 3 is 1.72 bits per heavy atom. The van der Waals surface area contributed by atoms with Gasteiger partial charge in [-0.05, 0) is 42.9 Å². The van der Waals surface area contributed by atoms with E-state index >= 15 is 0 Å². The van der Waals surface area contributed by atoms with Crippen LogP contribution in [0, 0.1) is 17.7 Å². The lowest BCUT2D eigenvalue weighted by molar-refractivity contribution is 0.0127. The second kappa shape index (κ2) is 9.54. The molecule has 140 valence electrons.